The Morgan fingerprint density at radius 3 is 2.80 bits per heavy atom. The third-order valence-corrected chi connectivity index (χ3v) is 5.08. The Hall–Kier alpha value is -0.870. The Labute approximate surface area is 121 Å². The van der Waals surface area contributed by atoms with Crippen molar-refractivity contribution in [2.75, 3.05) is 6.61 Å². The van der Waals surface area contributed by atoms with Crippen LogP contribution in [-0.2, 0) is 11.2 Å². The summed E-state index contributed by atoms with van der Waals surface area (Å²) in [5, 5.41) is 4.82. The molecule has 2 fully saturated rings. The third kappa shape index (κ3) is 2.40. The van der Waals surface area contributed by atoms with E-state index in [9.17, 15) is 0 Å². The molecule has 3 rings (SSSR count). The highest BCUT2D eigenvalue weighted by molar-refractivity contribution is 5.26. The minimum atomic E-state index is 0.177. The van der Waals surface area contributed by atoms with Gasteiger partial charge in [-0.1, -0.05) is 0 Å². The number of rotatable bonds is 3. The average Bonchev–Trinajstić information content (AvgIpc) is 2.65. The third-order valence-electron chi connectivity index (χ3n) is 5.08. The monoisotopic (exact) mass is 277 g/mol. The Morgan fingerprint density at radius 2 is 2.20 bits per heavy atom. The largest absolute Gasteiger partial charge is 0.375 e. The fraction of sp³-hybridized carbons (Fsp3) is 0.812. The molecule has 2 atom stereocenters. The molecule has 1 aliphatic carbocycles. The molecule has 2 N–H and O–H groups in total. The average molecular weight is 277 g/mol. The zero-order valence-electron chi connectivity index (χ0n) is 13.0. The van der Waals surface area contributed by atoms with Crippen LogP contribution >= 0.6 is 0 Å². The number of aromatic nitrogens is 2. The molecule has 4 heteroatoms. The van der Waals surface area contributed by atoms with Gasteiger partial charge in [0.1, 0.15) is 0 Å². The van der Waals surface area contributed by atoms with Gasteiger partial charge in [0.15, 0.2) is 0 Å². The molecule has 2 aliphatic rings. The lowest BCUT2D eigenvalue weighted by molar-refractivity contribution is -0.141. The molecule has 1 spiro atoms. The van der Waals surface area contributed by atoms with E-state index in [1.165, 1.54) is 30.5 Å². The first-order valence-electron chi connectivity index (χ1n) is 7.95. The van der Waals surface area contributed by atoms with Crippen molar-refractivity contribution in [3.8, 4) is 0 Å². The molecular formula is C16H27N3O. The molecule has 112 valence electrons. The number of aryl methyl sites for hydroxylation is 1. The molecule has 1 aliphatic heterocycles. The second-order valence-electron chi connectivity index (χ2n) is 6.81. The predicted molar refractivity (Wildman–Crippen MR) is 79.9 cm³/mol. The lowest BCUT2D eigenvalue weighted by Crippen LogP contribution is -2.46. The maximum absolute atomic E-state index is 6.03. The van der Waals surface area contributed by atoms with Crippen molar-refractivity contribution in [1.29, 1.82) is 0 Å². The second-order valence-corrected chi connectivity index (χ2v) is 6.81. The van der Waals surface area contributed by atoms with Crippen LogP contribution in [0.3, 0.4) is 0 Å². The summed E-state index contributed by atoms with van der Waals surface area (Å²) in [6.07, 6.45) is 6.92. The molecule has 0 aromatic carbocycles. The normalized spacial score (nSPS) is 26.5. The van der Waals surface area contributed by atoms with E-state index in [1.807, 2.05) is 0 Å². The minimum Gasteiger partial charge on any atom is -0.375 e. The molecule has 0 bridgehead atoms. The summed E-state index contributed by atoms with van der Waals surface area (Å²) in [7, 11) is 0. The Kier molecular flexibility index (Phi) is 3.63. The van der Waals surface area contributed by atoms with Crippen molar-refractivity contribution in [3.63, 3.8) is 0 Å². The van der Waals surface area contributed by atoms with Crippen LogP contribution in [0.5, 0.6) is 0 Å². The van der Waals surface area contributed by atoms with Gasteiger partial charge in [0.25, 0.3) is 0 Å². The van der Waals surface area contributed by atoms with Crippen LogP contribution in [0.2, 0.25) is 0 Å². The summed E-state index contributed by atoms with van der Waals surface area (Å²) in [5.74, 6) is 0. The van der Waals surface area contributed by atoms with Crippen LogP contribution < -0.4 is 5.73 Å². The summed E-state index contributed by atoms with van der Waals surface area (Å²) in [5.41, 5.74) is 9.94. The van der Waals surface area contributed by atoms with E-state index in [0.717, 1.165) is 31.6 Å². The first kappa shape index (κ1) is 14.1. The van der Waals surface area contributed by atoms with Crippen LogP contribution in [0.25, 0.3) is 0 Å². The Bertz CT molecular complexity index is 488. The van der Waals surface area contributed by atoms with E-state index in [1.54, 1.807) is 0 Å². The Balaban J connectivity index is 1.83. The molecule has 1 aromatic rings. The zero-order chi connectivity index (χ0) is 14.3. The van der Waals surface area contributed by atoms with Gasteiger partial charge < -0.3 is 10.5 Å². The SMILES string of the molecule is Cc1nn(C2CCOC3(CCC3)C2)c(C)c1CC(C)N. The van der Waals surface area contributed by atoms with Crippen molar-refractivity contribution in [2.45, 2.75) is 77.0 Å². The van der Waals surface area contributed by atoms with E-state index in [4.69, 9.17) is 15.6 Å². The van der Waals surface area contributed by atoms with Gasteiger partial charge in [-0.25, -0.2) is 0 Å². The van der Waals surface area contributed by atoms with Gasteiger partial charge >= 0.3 is 0 Å². The minimum absolute atomic E-state index is 0.177. The van der Waals surface area contributed by atoms with Crippen LogP contribution in [0.15, 0.2) is 0 Å². The first-order chi connectivity index (χ1) is 9.51. The van der Waals surface area contributed by atoms with Gasteiger partial charge in [-0.3, -0.25) is 4.68 Å². The van der Waals surface area contributed by atoms with Gasteiger partial charge in [0, 0.05) is 18.3 Å². The fourth-order valence-electron chi connectivity index (χ4n) is 3.80. The highest BCUT2D eigenvalue weighted by Gasteiger charge is 2.43. The molecule has 2 heterocycles. The van der Waals surface area contributed by atoms with Crippen molar-refractivity contribution >= 4 is 0 Å². The van der Waals surface area contributed by atoms with Crippen LogP contribution in [0.4, 0.5) is 0 Å². The summed E-state index contributed by atoms with van der Waals surface area (Å²) < 4.78 is 8.29. The van der Waals surface area contributed by atoms with Crippen molar-refractivity contribution in [1.82, 2.24) is 9.78 Å². The van der Waals surface area contributed by atoms with Gasteiger partial charge in [-0.05, 0) is 64.9 Å². The lowest BCUT2D eigenvalue weighted by atomic mass is 9.74. The van der Waals surface area contributed by atoms with E-state index in [-0.39, 0.29) is 11.6 Å². The van der Waals surface area contributed by atoms with E-state index in [2.05, 4.69) is 25.5 Å². The molecule has 1 saturated carbocycles. The van der Waals surface area contributed by atoms with Gasteiger partial charge in [-0.2, -0.15) is 5.10 Å². The zero-order valence-corrected chi connectivity index (χ0v) is 13.0. The summed E-state index contributed by atoms with van der Waals surface area (Å²) in [6.45, 7) is 7.25. The number of ether oxygens (including phenoxy) is 1. The molecule has 0 radical (unpaired) electrons. The number of nitrogens with two attached hydrogens (primary N) is 1. The Morgan fingerprint density at radius 1 is 1.45 bits per heavy atom. The van der Waals surface area contributed by atoms with Gasteiger partial charge in [0.05, 0.1) is 17.3 Å². The molecule has 1 saturated heterocycles. The predicted octanol–water partition coefficient (Wildman–Crippen LogP) is 2.66. The van der Waals surface area contributed by atoms with Gasteiger partial charge in [-0.15, -0.1) is 0 Å². The smallest absolute Gasteiger partial charge is 0.0703 e. The molecular weight excluding hydrogens is 250 g/mol. The van der Waals surface area contributed by atoms with Crippen LogP contribution in [-0.4, -0.2) is 28.0 Å². The van der Waals surface area contributed by atoms with Crippen molar-refractivity contribution < 1.29 is 4.74 Å². The van der Waals surface area contributed by atoms with Crippen molar-refractivity contribution in [2.24, 2.45) is 5.73 Å². The highest BCUT2D eigenvalue weighted by Crippen LogP contribution is 2.45. The highest BCUT2D eigenvalue weighted by atomic mass is 16.5. The van der Waals surface area contributed by atoms with E-state index in [0.29, 0.717) is 6.04 Å². The fourth-order valence-corrected chi connectivity index (χ4v) is 3.80. The number of hydrogen-bond donors (Lipinski definition) is 1. The maximum atomic E-state index is 6.03. The topological polar surface area (TPSA) is 53.1 Å². The van der Waals surface area contributed by atoms with Crippen LogP contribution in [0.1, 0.15) is 62.0 Å². The summed E-state index contributed by atoms with van der Waals surface area (Å²) >= 11 is 0. The van der Waals surface area contributed by atoms with E-state index >= 15 is 0 Å². The molecule has 0 amide bonds. The number of hydrogen-bond acceptors (Lipinski definition) is 3. The molecule has 20 heavy (non-hydrogen) atoms. The molecule has 2 unspecified atom stereocenters. The summed E-state index contributed by atoms with van der Waals surface area (Å²) in [6, 6.07) is 0.697. The van der Waals surface area contributed by atoms with E-state index < -0.39 is 0 Å². The molecule has 4 nitrogen and oxygen atoms in total. The standard InChI is InChI=1S/C16H27N3O/c1-11(17)9-15-12(2)18-19(13(15)3)14-5-8-20-16(10-14)6-4-7-16/h11,14H,4-10,17H2,1-3H3. The molecule has 1 aromatic heterocycles. The quantitative estimate of drug-likeness (QED) is 0.924. The lowest BCUT2D eigenvalue weighted by Gasteiger charge is -2.47. The summed E-state index contributed by atoms with van der Waals surface area (Å²) in [4.78, 5) is 0. The van der Waals surface area contributed by atoms with Crippen molar-refractivity contribution in [3.05, 3.63) is 17.0 Å². The van der Waals surface area contributed by atoms with Crippen LogP contribution in [0, 0.1) is 13.8 Å². The van der Waals surface area contributed by atoms with Gasteiger partial charge in [0.2, 0.25) is 0 Å². The number of nitrogens with zero attached hydrogens (tertiary/aromatic N) is 2. The maximum Gasteiger partial charge on any atom is 0.0703 e. The second kappa shape index (κ2) is 5.15. The first-order valence-corrected chi connectivity index (χ1v) is 7.95.